The van der Waals surface area contributed by atoms with Crippen LogP contribution in [0.4, 0.5) is 10.1 Å². The van der Waals surface area contributed by atoms with E-state index in [1.54, 1.807) is 23.5 Å². The van der Waals surface area contributed by atoms with Gasteiger partial charge in [-0.15, -0.1) is 11.3 Å². The topological polar surface area (TPSA) is 77.0 Å². The Hall–Kier alpha value is -3.65. The first-order valence-corrected chi connectivity index (χ1v) is 9.97. The second-order valence-corrected chi connectivity index (χ2v) is 7.49. The van der Waals surface area contributed by atoms with E-state index in [1.807, 2.05) is 24.4 Å². The Balaban J connectivity index is 1.48. The largest absolute Gasteiger partial charge is 0.472 e. The molecule has 0 aliphatic carbocycles. The number of aryl methyl sites for hydroxylation is 1. The maximum atomic E-state index is 14.1. The second-order valence-electron chi connectivity index (χ2n) is 6.43. The summed E-state index contributed by atoms with van der Waals surface area (Å²) in [6.07, 6.45) is 4.46. The van der Waals surface area contributed by atoms with Crippen molar-refractivity contribution in [3.05, 3.63) is 88.4 Å². The summed E-state index contributed by atoms with van der Waals surface area (Å²) in [5.74, 6) is -0.436. The molecule has 4 rings (SSSR count). The van der Waals surface area contributed by atoms with Gasteiger partial charge in [-0.1, -0.05) is 12.1 Å². The van der Waals surface area contributed by atoms with Gasteiger partial charge in [0, 0.05) is 40.2 Å². The van der Waals surface area contributed by atoms with E-state index in [0.29, 0.717) is 22.7 Å². The first kappa shape index (κ1) is 19.7. The van der Waals surface area contributed by atoms with Gasteiger partial charge >= 0.3 is 0 Å². The summed E-state index contributed by atoms with van der Waals surface area (Å²) >= 11 is 1.55. The lowest BCUT2D eigenvalue weighted by molar-refractivity contribution is 0.102. The van der Waals surface area contributed by atoms with Crippen molar-refractivity contribution in [1.82, 2.24) is 15.0 Å². The minimum Gasteiger partial charge on any atom is -0.472 e. The quantitative estimate of drug-likeness (QED) is 0.481. The Kier molecular flexibility index (Phi) is 5.76. The molecular formula is C22H17FN4O2S. The molecule has 2 aromatic heterocycles. The highest BCUT2D eigenvalue weighted by Crippen LogP contribution is 2.23. The van der Waals surface area contributed by atoms with Gasteiger partial charge < -0.3 is 10.1 Å². The third-order valence-corrected chi connectivity index (χ3v) is 5.03. The van der Waals surface area contributed by atoms with Crippen LogP contribution >= 0.6 is 11.3 Å². The van der Waals surface area contributed by atoms with Gasteiger partial charge in [0.05, 0.1) is 16.9 Å². The van der Waals surface area contributed by atoms with Crippen molar-refractivity contribution in [2.45, 2.75) is 13.5 Å². The molecule has 0 atom stereocenters. The van der Waals surface area contributed by atoms with Gasteiger partial charge in [-0.2, -0.15) is 0 Å². The number of thiazole rings is 1. The minimum atomic E-state index is -0.433. The number of nitrogens with one attached hydrogen (secondary N) is 1. The number of nitrogens with zero attached hydrogens (tertiary/aromatic N) is 3. The zero-order valence-electron chi connectivity index (χ0n) is 16.0. The fourth-order valence-corrected chi connectivity index (χ4v) is 3.42. The highest BCUT2D eigenvalue weighted by Gasteiger charge is 2.11. The summed E-state index contributed by atoms with van der Waals surface area (Å²) in [5.41, 5.74) is 2.94. The maximum absolute atomic E-state index is 14.1. The molecule has 4 aromatic rings. The molecule has 0 radical (unpaired) electrons. The molecule has 0 unspecified atom stereocenters. The molecular weight excluding hydrogens is 403 g/mol. The van der Waals surface area contributed by atoms with Crippen LogP contribution in [0, 0.1) is 12.7 Å². The van der Waals surface area contributed by atoms with E-state index >= 15 is 0 Å². The van der Waals surface area contributed by atoms with Crippen molar-refractivity contribution in [3.63, 3.8) is 0 Å². The number of ether oxygens (including phenoxy) is 1. The van der Waals surface area contributed by atoms with E-state index in [0.717, 1.165) is 16.3 Å². The lowest BCUT2D eigenvalue weighted by Crippen LogP contribution is -2.12. The number of hydrogen-bond donors (Lipinski definition) is 1. The average Bonchev–Trinajstić information content (AvgIpc) is 3.21. The van der Waals surface area contributed by atoms with Crippen LogP contribution in [0.3, 0.4) is 0 Å². The summed E-state index contributed by atoms with van der Waals surface area (Å²) in [5, 5.41) is 5.72. The normalized spacial score (nSPS) is 10.6. The van der Waals surface area contributed by atoms with Gasteiger partial charge in [0.25, 0.3) is 5.91 Å². The lowest BCUT2D eigenvalue weighted by atomic mass is 10.1. The molecule has 1 N–H and O–H groups in total. The van der Waals surface area contributed by atoms with Crippen LogP contribution in [0.1, 0.15) is 20.9 Å². The van der Waals surface area contributed by atoms with E-state index in [4.69, 9.17) is 4.74 Å². The summed E-state index contributed by atoms with van der Waals surface area (Å²) in [6, 6.07) is 11.6. The second kappa shape index (κ2) is 8.79. The summed E-state index contributed by atoms with van der Waals surface area (Å²) in [6.45, 7) is 1.90. The van der Waals surface area contributed by atoms with Crippen LogP contribution in [0.25, 0.3) is 11.3 Å². The number of rotatable bonds is 6. The predicted octanol–water partition coefficient (Wildman–Crippen LogP) is 4.88. The molecule has 0 saturated carbocycles. The highest BCUT2D eigenvalue weighted by molar-refractivity contribution is 7.09. The third kappa shape index (κ3) is 4.66. The van der Waals surface area contributed by atoms with Crippen molar-refractivity contribution < 1.29 is 13.9 Å². The molecule has 0 aliphatic heterocycles. The van der Waals surface area contributed by atoms with E-state index in [2.05, 4.69) is 20.3 Å². The fraction of sp³-hybridized carbons (Fsp3) is 0.0909. The molecule has 0 spiro atoms. The maximum Gasteiger partial charge on any atom is 0.255 e. The molecule has 2 aromatic carbocycles. The van der Waals surface area contributed by atoms with Crippen LogP contribution in [-0.2, 0) is 6.61 Å². The molecule has 1 amide bonds. The molecule has 30 heavy (non-hydrogen) atoms. The zero-order valence-corrected chi connectivity index (χ0v) is 16.8. The lowest BCUT2D eigenvalue weighted by Gasteiger charge is -2.10. The number of carbonyl (C=O) groups excluding carboxylic acids is 1. The number of benzene rings is 2. The van der Waals surface area contributed by atoms with Crippen molar-refractivity contribution in [2.24, 2.45) is 0 Å². The Morgan fingerprint density at radius 1 is 1.20 bits per heavy atom. The monoisotopic (exact) mass is 420 g/mol. The molecule has 0 aliphatic rings. The predicted molar refractivity (Wildman–Crippen MR) is 113 cm³/mol. The smallest absolute Gasteiger partial charge is 0.255 e. The zero-order chi connectivity index (χ0) is 20.9. The summed E-state index contributed by atoms with van der Waals surface area (Å²) in [7, 11) is 0. The molecule has 0 bridgehead atoms. The molecule has 8 heteroatoms. The molecule has 150 valence electrons. The Bertz CT molecular complexity index is 1180. The SMILES string of the molecule is Cc1nc(-c2cccc(C(=O)Nc3ccc(F)c(COc4cnccn4)c3)c2)cs1. The van der Waals surface area contributed by atoms with Crippen molar-refractivity contribution >= 4 is 22.9 Å². The Labute approximate surface area is 176 Å². The van der Waals surface area contributed by atoms with E-state index < -0.39 is 5.82 Å². The van der Waals surface area contributed by atoms with E-state index in [9.17, 15) is 9.18 Å². The van der Waals surface area contributed by atoms with Gasteiger partial charge in [0.1, 0.15) is 12.4 Å². The molecule has 2 heterocycles. The number of carbonyl (C=O) groups is 1. The average molecular weight is 420 g/mol. The van der Waals surface area contributed by atoms with Crippen molar-refractivity contribution in [2.75, 3.05) is 5.32 Å². The molecule has 0 saturated heterocycles. The van der Waals surface area contributed by atoms with Crippen LogP contribution in [0.15, 0.2) is 66.4 Å². The van der Waals surface area contributed by atoms with Crippen LogP contribution < -0.4 is 10.1 Å². The van der Waals surface area contributed by atoms with Crippen LogP contribution in [0.2, 0.25) is 0 Å². The number of amides is 1. The fourth-order valence-electron chi connectivity index (χ4n) is 2.79. The number of hydrogen-bond acceptors (Lipinski definition) is 6. The molecule has 6 nitrogen and oxygen atoms in total. The van der Waals surface area contributed by atoms with Gasteiger partial charge in [-0.3, -0.25) is 9.78 Å². The summed E-state index contributed by atoms with van der Waals surface area (Å²) < 4.78 is 19.6. The summed E-state index contributed by atoms with van der Waals surface area (Å²) in [4.78, 5) is 25.0. The van der Waals surface area contributed by atoms with Crippen LogP contribution in [-0.4, -0.2) is 20.9 Å². The van der Waals surface area contributed by atoms with Gasteiger partial charge in [-0.05, 0) is 37.3 Å². The van der Waals surface area contributed by atoms with Gasteiger partial charge in [-0.25, -0.2) is 14.4 Å². The number of anilines is 1. The highest BCUT2D eigenvalue weighted by atomic mass is 32.1. The van der Waals surface area contributed by atoms with Crippen LogP contribution in [0.5, 0.6) is 5.88 Å². The standard InChI is InChI=1S/C22H17FN4O2S/c1-14-26-20(13-30-14)15-3-2-4-16(9-15)22(28)27-18-5-6-19(23)17(10-18)12-29-21-11-24-7-8-25-21/h2-11,13H,12H2,1H3,(H,27,28). The third-order valence-electron chi connectivity index (χ3n) is 4.26. The van der Waals surface area contributed by atoms with Gasteiger partial charge in [0.15, 0.2) is 0 Å². The van der Waals surface area contributed by atoms with Crippen molar-refractivity contribution in [3.8, 4) is 17.1 Å². The first-order chi connectivity index (χ1) is 14.6. The Morgan fingerprint density at radius 2 is 2.10 bits per heavy atom. The minimum absolute atomic E-state index is 0.0348. The van der Waals surface area contributed by atoms with E-state index in [-0.39, 0.29) is 12.5 Å². The van der Waals surface area contributed by atoms with E-state index in [1.165, 1.54) is 36.8 Å². The van der Waals surface area contributed by atoms with Gasteiger partial charge in [0.2, 0.25) is 5.88 Å². The molecule has 0 fully saturated rings. The number of aromatic nitrogens is 3. The number of halogens is 1. The Morgan fingerprint density at radius 3 is 2.87 bits per heavy atom. The first-order valence-electron chi connectivity index (χ1n) is 9.09. The van der Waals surface area contributed by atoms with Crippen molar-refractivity contribution in [1.29, 1.82) is 0 Å².